The molecule has 92 valence electrons. The van der Waals surface area contributed by atoms with Gasteiger partial charge in [0.1, 0.15) is 0 Å². The second kappa shape index (κ2) is 4.57. The predicted octanol–water partition coefficient (Wildman–Crippen LogP) is 1.95. The Morgan fingerprint density at radius 3 is 2.65 bits per heavy atom. The quantitative estimate of drug-likeness (QED) is 0.884. The number of nitrogens with zero attached hydrogens (tertiary/aromatic N) is 4. The fourth-order valence-electron chi connectivity index (χ4n) is 1.50. The van der Waals surface area contributed by atoms with E-state index >= 15 is 0 Å². The number of halogens is 1. The third-order valence-corrected chi connectivity index (χ3v) is 2.55. The van der Waals surface area contributed by atoms with Gasteiger partial charge in [-0.3, -0.25) is 4.68 Å². The summed E-state index contributed by atoms with van der Waals surface area (Å²) >= 11 is 0. The molecule has 0 bridgehead atoms. The van der Waals surface area contributed by atoms with E-state index in [0.717, 1.165) is 5.69 Å². The first-order valence-corrected chi connectivity index (χ1v) is 5.52. The minimum atomic E-state index is -0.311. The monoisotopic (exact) mass is 237 g/mol. The lowest BCUT2D eigenvalue weighted by atomic mass is 10.3. The minimum Gasteiger partial charge on any atom is -0.378 e. The van der Waals surface area contributed by atoms with Crippen LogP contribution in [-0.2, 0) is 13.6 Å². The standard InChI is InChI=1S/C11H16FN5/c1-8(2)17-7-10(6-15-17)13-4-9-5-14-16(3)11(9)12/h5-8,13H,4H2,1-3H3. The molecule has 0 saturated carbocycles. The van der Waals surface area contributed by atoms with Gasteiger partial charge in [0.15, 0.2) is 0 Å². The maximum Gasteiger partial charge on any atom is 0.216 e. The summed E-state index contributed by atoms with van der Waals surface area (Å²) in [6.45, 7) is 4.51. The molecule has 0 spiro atoms. The molecule has 2 aromatic rings. The van der Waals surface area contributed by atoms with Crippen molar-refractivity contribution in [3.05, 3.63) is 30.1 Å². The summed E-state index contributed by atoms with van der Waals surface area (Å²) in [5.41, 5.74) is 1.42. The maximum absolute atomic E-state index is 13.4. The lowest BCUT2D eigenvalue weighted by Crippen LogP contribution is -2.02. The van der Waals surface area contributed by atoms with Crippen molar-refractivity contribution >= 4 is 5.69 Å². The van der Waals surface area contributed by atoms with Crippen molar-refractivity contribution < 1.29 is 4.39 Å². The summed E-state index contributed by atoms with van der Waals surface area (Å²) in [4.78, 5) is 0. The fraction of sp³-hybridized carbons (Fsp3) is 0.455. The highest BCUT2D eigenvalue weighted by molar-refractivity contribution is 5.39. The van der Waals surface area contributed by atoms with Gasteiger partial charge in [-0.2, -0.15) is 14.6 Å². The Hall–Kier alpha value is -1.85. The Balaban J connectivity index is 2.00. The zero-order valence-corrected chi connectivity index (χ0v) is 10.2. The van der Waals surface area contributed by atoms with Crippen molar-refractivity contribution in [3.8, 4) is 0 Å². The van der Waals surface area contributed by atoms with Crippen molar-refractivity contribution in [2.24, 2.45) is 7.05 Å². The molecule has 0 aliphatic carbocycles. The first-order chi connectivity index (χ1) is 8.08. The van der Waals surface area contributed by atoms with E-state index in [1.807, 2.05) is 10.9 Å². The molecule has 0 aliphatic rings. The SMILES string of the molecule is CC(C)n1cc(NCc2cnn(C)c2F)cn1. The third-order valence-electron chi connectivity index (χ3n) is 2.55. The number of aryl methyl sites for hydroxylation is 1. The molecule has 0 saturated heterocycles. The van der Waals surface area contributed by atoms with Crippen molar-refractivity contribution in [1.29, 1.82) is 0 Å². The van der Waals surface area contributed by atoms with Crippen LogP contribution in [0.4, 0.5) is 10.1 Å². The number of rotatable bonds is 4. The van der Waals surface area contributed by atoms with Crippen LogP contribution in [0.3, 0.4) is 0 Å². The number of nitrogens with one attached hydrogen (secondary N) is 1. The molecule has 0 unspecified atom stereocenters. The number of hydrogen-bond donors (Lipinski definition) is 1. The highest BCUT2D eigenvalue weighted by atomic mass is 19.1. The average Bonchev–Trinajstić information content (AvgIpc) is 2.86. The van der Waals surface area contributed by atoms with Crippen LogP contribution in [0.2, 0.25) is 0 Å². The van der Waals surface area contributed by atoms with Gasteiger partial charge in [-0.05, 0) is 13.8 Å². The summed E-state index contributed by atoms with van der Waals surface area (Å²) in [7, 11) is 1.58. The van der Waals surface area contributed by atoms with Gasteiger partial charge in [0.25, 0.3) is 0 Å². The van der Waals surface area contributed by atoms with E-state index in [2.05, 4.69) is 29.4 Å². The van der Waals surface area contributed by atoms with Crippen LogP contribution in [-0.4, -0.2) is 19.6 Å². The van der Waals surface area contributed by atoms with Crippen LogP contribution in [0.1, 0.15) is 25.5 Å². The molecule has 0 aliphatic heterocycles. The van der Waals surface area contributed by atoms with Gasteiger partial charge in [-0.15, -0.1) is 0 Å². The molecule has 1 N–H and O–H groups in total. The number of hydrogen-bond acceptors (Lipinski definition) is 3. The van der Waals surface area contributed by atoms with Crippen LogP contribution < -0.4 is 5.32 Å². The lowest BCUT2D eigenvalue weighted by molar-refractivity contribution is 0.496. The van der Waals surface area contributed by atoms with E-state index in [4.69, 9.17) is 0 Å². The van der Waals surface area contributed by atoms with Crippen molar-refractivity contribution in [3.63, 3.8) is 0 Å². The van der Waals surface area contributed by atoms with E-state index in [-0.39, 0.29) is 5.95 Å². The predicted molar refractivity (Wildman–Crippen MR) is 63.1 cm³/mol. The minimum absolute atomic E-state index is 0.311. The first kappa shape index (κ1) is 11.6. The van der Waals surface area contributed by atoms with Gasteiger partial charge < -0.3 is 5.32 Å². The van der Waals surface area contributed by atoms with Gasteiger partial charge in [0, 0.05) is 31.4 Å². The lowest BCUT2D eigenvalue weighted by Gasteiger charge is -2.04. The molecular formula is C11H16FN5. The molecule has 0 atom stereocenters. The van der Waals surface area contributed by atoms with Gasteiger partial charge in [0.2, 0.25) is 5.95 Å². The maximum atomic E-state index is 13.4. The third kappa shape index (κ3) is 2.46. The molecule has 17 heavy (non-hydrogen) atoms. The molecule has 0 radical (unpaired) electrons. The van der Waals surface area contributed by atoms with Crippen molar-refractivity contribution in [1.82, 2.24) is 19.6 Å². The molecule has 6 heteroatoms. The summed E-state index contributed by atoms with van der Waals surface area (Å²) in [6.07, 6.45) is 5.16. The topological polar surface area (TPSA) is 47.7 Å². The van der Waals surface area contributed by atoms with Crippen LogP contribution in [0.25, 0.3) is 0 Å². The molecule has 2 aromatic heterocycles. The highest BCUT2D eigenvalue weighted by Gasteiger charge is 2.07. The Morgan fingerprint density at radius 2 is 2.12 bits per heavy atom. The van der Waals surface area contributed by atoms with Crippen LogP contribution in [0, 0.1) is 5.95 Å². The zero-order chi connectivity index (χ0) is 12.4. The summed E-state index contributed by atoms with van der Waals surface area (Å²) in [5.74, 6) is -0.311. The smallest absolute Gasteiger partial charge is 0.216 e. The Morgan fingerprint density at radius 1 is 1.35 bits per heavy atom. The molecule has 2 heterocycles. The Kier molecular flexibility index (Phi) is 3.12. The second-order valence-electron chi connectivity index (χ2n) is 4.24. The van der Waals surface area contributed by atoms with Crippen LogP contribution in [0.5, 0.6) is 0 Å². The molecule has 2 rings (SSSR count). The molecular weight excluding hydrogens is 221 g/mol. The molecule has 5 nitrogen and oxygen atoms in total. The van der Waals surface area contributed by atoms with Crippen LogP contribution in [0.15, 0.2) is 18.6 Å². The van der Waals surface area contributed by atoms with Crippen LogP contribution >= 0.6 is 0 Å². The van der Waals surface area contributed by atoms with Crippen molar-refractivity contribution in [2.45, 2.75) is 26.4 Å². The van der Waals surface area contributed by atoms with Gasteiger partial charge in [-0.1, -0.05) is 0 Å². The second-order valence-corrected chi connectivity index (χ2v) is 4.24. The molecule has 0 amide bonds. The number of aromatic nitrogens is 4. The van der Waals surface area contributed by atoms with E-state index in [1.54, 1.807) is 13.2 Å². The average molecular weight is 237 g/mol. The van der Waals surface area contributed by atoms with E-state index in [1.165, 1.54) is 10.9 Å². The zero-order valence-electron chi connectivity index (χ0n) is 10.2. The fourth-order valence-corrected chi connectivity index (χ4v) is 1.50. The summed E-state index contributed by atoms with van der Waals surface area (Å²) in [6, 6.07) is 0.320. The van der Waals surface area contributed by atoms with E-state index in [0.29, 0.717) is 18.2 Å². The molecule has 0 fully saturated rings. The number of anilines is 1. The van der Waals surface area contributed by atoms with Crippen molar-refractivity contribution in [2.75, 3.05) is 5.32 Å². The Labute approximate surface area is 99.2 Å². The largest absolute Gasteiger partial charge is 0.378 e. The highest BCUT2D eigenvalue weighted by Crippen LogP contribution is 2.12. The normalized spacial score (nSPS) is 11.1. The van der Waals surface area contributed by atoms with Gasteiger partial charge >= 0.3 is 0 Å². The molecule has 0 aromatic carbocycles. The summed E-state index contributed by atoms with van der Waals surface area (Å²) < 4.78 is 16.5. The first-order valence-electron chi connectivity index (χ1n) is 5.52. The van der Waals surface area contributed by atoms with E-state index < -0.39 is 0 Å². The van der Waals surface area contributed by atoms with Gasteiger partial charge in [0.05, 0.1) is 18.1 Å². The Bertz CT molecular complexity index is 500. The van der Waals surface area contributed by atoms with Gasteiger partial charge in [-0.25, -0.2) is 4.68 Å². The van der Waals surface area contributed by atoms with E-state index in [9.17, 15) is 4.39 Å². The summed E-state index contributed by atoms with van der Waals surface area (Å²) in [5, 5.41) is 11.2.